The molecule has 1 fully saturated rings. The van der Waals surface area contributed by atoms with E-state index in [4.69, 9.17) is 10.5 Å². The van der Waals surface area contributed by atoms with Crippen LogP contribution in [-0.2, 0) is 9.53 Å². The Hall–Kier alpha value is -0.870. The summed E-state index contributed by atoms with van der Waals surface area (Å²) in [4.78, 5) is 13.6. The normalized spacial score (nSPS) is 21.9. The molecular weight excluding hydrogens is 216 g/mol. The fourth-order valence-corrected chi connectivity index (χ4v) is 2.29. The first-order chi connectivity index (χ1) is 8.27. The van der Waals surface area contributed by atoms with E-state index in [2.05, 4.69) is 4.90 Å². The van der Waals surface area contributed by atoms with Gasteiger partial charge in [-0.1, -0.05) is 12.5 Å². The molecule has 4 nitrogen and oxygen atoms in total. The number of hydrogen-bond acceptors (Lipinski definition) is 4. The zero-order valence-electron chi connectivity index (χ0n) is 10.7. The van der Waals surface area contributed by atoms with Gasteiger partial charge in [-0.25, -0.2) is 4.79 Å². The highest BCUT2D eigenvalue weighted by Gasteiger charge is 2.20. The molecule has 0 aromatic rings. The summed E-state index contributed by atoms with van der Waals surface area (Å²) in [5.74, 6) is -0.250. The Morgan fingerprint density at radius 1 is 1.53 bits per heavy atom. The summed E-state index contributed by atoms with van der Waals surface area (Å²) in [7, 11) is 0. The van der Waals surface area contributed by atoms with Crippen LogP contribution < -0.4 is 5.73 Å². The summed E-state index contributed by atoms with van der Waals surface area (Å²) < 4.78 is 4.84. The fourth-order valence-electron chi connectivity index (χ4n) is 2.29. The Morgan fingerprint density at radius 3 is 3.06 bits per heavy atom. The third-order valence-electron chi connectivity index (χ3n) is 3.13. The average Bonchev–Trinajstić information content (AvgIpc) is 2.32. The molecule has 0 aromatic heterocycles. The van der Waals surface area contributed by atoms with Crippen LogP contribution in [0.4, 0.5) is 0 Å². The maximum atomic E-state index is 11.1. The number of ether oxygens (including phenoxy) is 1. The number of piperidine rings is 1. The standard InChI is InChI=1S/C13H24N2O2/c1-2-17-13(16)7-5-11-15-10-4-3-6-12(15)8-9-14/h5,7,12H,2-4,6,8-11,14H2,1H3/b7-5+. The van der Waals surface area contributed by atoms with Gasteiger partial charge in [0.05, 0.1) is 6.61 Å². The monoisotopic (exact) mass is 240 g/mol. The predicted octanol–water partition coefficient (Wildman–Crippen LogP) is 1.31. The van der Waals surface area contributed by atoms with E-state index in [9.17, 15) is 4.79 Å². The number of rotatable bonds is 6. The quantitative estimate of drug-likeness (QED) is 0.562. The smallest absolute Gasteiger partial charge is 0.330 e. The van der Waals surface area contributed by atoms with Crippen LogP contribution in [0.25, 0.3) is 0 Å². The Morgan fingerprint density at radius 2 is 2.35 bits per heavy atom. The molecule has 1 saturated heterocycles. The lowest BCUT2D eigenvalue weighted by Crippen LogP contribution is -2.40. The largest absolute Gasteiger partial charge is 0.463 e. The molecular formula is C13H24N2O2. The zero-order valence-corrected chi connectivity index (χ0v) is 10.7. The molecule has 0 amide bonds. The average molecular weight is 240 g/mol. The van der Waals surface area contributed by atoms with E-state index in [1.165, 1.54) is 25.3 Å². The molecule has 1 rings (SSSR count). The van der Waals surface area contributed by atoms with Crippen LogP contribution in [0.1, 0.15) is 32.6 Å². The molecule has 0 aromatic carbocycles. The first-order valence-electron chi connectivity index (χ1n) is 6.55. The van der Waals surface area contributed by atoms with Crippen molar-refractivity contribution in [2.24, 2.45) is 5.73 Å². The maximum absolute atomic E-state index is 11.1. The number of nitrogens with two attached hydrogens (primary N) is 1. The van der Waals surface area contributed by atoms with Gasteiger partial charge in [-0.3, -0.25) is 4.90 Å². The molecule has 1 atom stereocenters. The van der Waals surface area contributed by atoms with Crippen molar-refractivity contribution in [1.29, 1.82) is 0 Å². The van der Waals surface area contributed by atoms with Crippen LogP contribution in [0.3, 0.4) is 0 Å². The first kappa shape index (κ1) is 14.2. The zero-order chi connectivity index (χ0) is 12.5. The minimum Gasteiger partial charge on any atom is -0.463 e. The van der Waals surface area contributed by atoms with E-state index in [1.54, 1.807) is 0 Å². The van der Waals surface area contributed by atoms with Crippen molar-refractivity contribution in [1.82, 2.24) is 4.90 Å². The third-order valence-corrected chi connectivity index (χ3v) is 3.13. The second-order valence-electron chi connectivity index (χ2n) is 4.38. The van der Waals surface area contributed by atoms with Gasteiger partial charge in [0.15, 0.2) is 0 Å². The molecule has 4 heteroatoms. The van der Waals surface area contributed by atoms with E-state index in [1.807, 2.05) is 13.0 Å². The van der Waals surface area contributed by atoms with Gasteiger partial charge < -0.3 is 10.5 Å². The van der Waals surface area contributed by atoms with Crippen molar-refractivity contribution >= 4 is 5.97 Å². The molecule has 0 radical (unpaired) electrons. The molecule has 17 heavy (non-hydrogen) atoms. The molecule has 0 spiro atoms. The van der Waals surface area contributed by atoms with E-state index in [0.717, 1.165) is 26.1 Å². The van der Waals surface area contributed by atoms with Gasteiger partial charge in [-0.05, 0) is 39.3 Å². The van der Waals surface area contributed by atoms with Gasteiger partial charge >= 0.3 is 5.97 Å². The van der Waals surface area contributed by atoms with E-state index in [0.29, 0.717) is 12.6 Å². The van der Waals surface area contributed by atoms with Gasteiger partial charge in [-0.2, -0.15) is 0 Å². The maximum Gasteiger partial charge on any atom is 0.330 e. The molecule has 0 aliphatic carbocycles. The molecule has 1 unspecified atom stereocenters. The van der Waals surface area contributed by atoms with Crippen molar-refractivity contribution in [2.75, 3.05) is 26.2 Å². The number of esters is 1. The minimum atomic E-state index is -0.250. The Kier molecular flexibility index (Phi) is 6.89. The summed E-state index contributed by atoms with van der Waals surface area (Å²) in [6.07, 6.45) is 8.24. The topological polar surface area (TPSA) is 55.6 Å². The van der Waals surface area contributed by atoms with Crippen LogP contribution in [-0.4, -0.2) is 43.2 Å². The lowest BCUT2D eigenvalue weighted by atomic mass is 9.99. The Balaban J connectivity index is 2.34. The van der Waals surface area contributed by atoms with E-state index >= 15 is 0 Å². The number of likely N-dealkylation sites (tertiary alicyclic amines) is 1. The molecule has 1 aliphatic heterocycles. The summed E-state index contributed by atoms with van der Waals surface area (Å²) in [6, 6.07) is 0.584. The van der Waals surface area contributed by atoms with Crippen LogP contribution >= 0.6 is 0 Å². The summed E-state index contributed by atoms with van der Waals surface area (Å²) in [5, 5.41) is 0. The highest BCUT2D eigenvalue weighted by Crippen LogP contribution is 2.18. The van der Waals surface area contributed by atoms with Gasteiger partial charge in [-0.15, -0.1) is 0 Å². The highest BCUT2D eigenvalue weighted by atomic mass is 16.5. The van der Waals surface area contributed by atoms with Gasteiger partial charge in [0.25, 0.3) is 0 Å². The summed E-state index contributed by atoms with van der Waals surface area (Å²) in [6.45, 7) is 4.92. The van der Waals surface area contributed by atoms with Gasteiger partial charge in [0.2, 0.25) is 0 Å². The lowest BCUT2D eigenvalue weighted by Gasteiger charge is -2.34. The van der Waals surface area contributed by atoms with Crippen LogP contribution in [0, 0.1) is 0 Å². The highest BCUT2D eigenvalue weighted by molar-refractivity contribution is 5.81. The fraction of sp³-hybridized carbons (Fsp3) is 0.769. The Bertz CT molecular complexity index is 252. The minimum absolute atomic E-state index is 0.250. The number of carbonyl (C=O) groups excluding carboxylic acids is 1. The SMILES string of the molecule is CCOC(=O)/C=C/CN1CCCCC1CCN. The van der Waals surface area contributed by atoms with Gasteiger partial charge in [0.1, 0.15) is 0 Å². The first-order valence-corrected chi connectivity index (χ1v) is 6.55. The summed E-state index contributed by atoms with van der Waals surface area (Å²) in [5.41, 5.74) is 5.62. The Labute approximate surface area is 104 Å². The molecule has 1 heterocycles. The van der Waals surface area contributed by atoms with Crippen LogP contribution in [0.15, 0.2) is 12.2 Å². The van der Waals surface area contributed by atoms with E-state index < -0.39 is 0 Å². The van der Waals surface area contributed by atoms with Crippen LogP contribution in [0.5, 0.6) is 0 Å². The van der Waals surface area contributed by atoms with Crippen molar-refractivity contribution in [3.63, 3.8) is 0 Å². The lowest BCUT2D eigenvalue weighted by molar-refractivity contribution is -0.137. The molecule has 0 saturated carbocycles. The van der Waals surface area contributed by atoms with Crippen molar-refractivity contribution < 1.29 is 9.53 Å². The van der Waals surface area contributed by atoms with E-state index in [-0.39, 0.29) is 5.97 Å². The summed E-state index contributed by atoms with van der Waals surface area (Å²) >= 11 is 0. The third kappa shape index (κ3) is 5.33. The second-order valence-corrected chi connectivity index (χ2v) is 4.38. The van der Waals surface area contributed by atoms with Crippen molar-refractivity contribution in [3.05, 3.63) is 12.2 Å². The molecule has 98 valence electrons. The van der Waals surface area contributed by atoms with Crippen molar-refractivity contribution in [3.8, 4) is 0 Å². The molecule has 1 aliphatic rings. The van der Waals surface area contributed by atoms with Gasteiger partial charge in [0, 0.05) is 18.7 Å². The van der Waals surface area contributed by atoms with Crippen LogP contribution in [0.2, 0.25) is 0 Å². The molecule has 0 bridgehead atoms. The number of carbonyl (C=O) groups is 1. The predicted molar refractivity (Wildman–Crippen MR) is 68.7 cm³/mol. The molecule has 2 N–H and O–H groups in total. The number of hydrogen-bond donors (Lipinski definition) is 1. The second kappa shape index (κ2) is 8.25. The van der Waals surface area contributed by atoms with Crippen molar-refractivity contribution in [2.45, 2.75) is 38.6 Å². The number of nitrogens with zero attached hydrogens (tertiary/aromatic N) is 1.